The molecule has 12 heteroatoms. The van der Waals surface area contributed by atoms with Crippen molar-refractivity contribution in [2.45, 2.75) is 76.9 Å². The summed E-state index contributed by atoms with van der Waals surface area (Å²) >= 11 is 1.03. The molecule has 0 unspecified atom stereocenters. The van der Waals surface area contributed by atoms with Gasteiger partial charge in [-0.3, -0.25) is 9.59 Å². The lowest BCUT2D eigenvalue weighted by atomic mass is 10.1. The summed E-state index contributed by atoms with van der Waals surface area (Å²) < 4.78 is 39.5. The zero-order chi connectivity index (χ0) is 25.5. The SMILES string of the molecule is CC[C@H](Nc1cc(C)c(-c2sc(C(=O)N[C@@H]3C[C@@H]3O)nc2C(=O)N2CCC[C@@H]2C)cn1)C(F)(F)F. The Morgan fingerprint density at radius 1 is 1.37 bits per heavy atom. The Labute approximate surface area is 205 Å². The molecule has 2 aromatic heterocycles. The summed E-state index contributed by atoms with van der Waals surface area (Å²) in [6, 6.07) is -0.529. The molecule has 4 rings (SSSR count). The van der Waals surface area contributed by atoms with Crippen LogP contribution in [0.2, 0.25) is 0 Å². The smallest absolute Gasteiger partial charge is 0.391 e. The topological polar surface area (TPSA) is 107 Å². The largest absolute Gasteiger partial charge is 0.408 e. The van der Waals surface area contributed by atoms with E-state index in [1.165, 1.54) is 19.2 Å². The molecule has 3 heterocycles. The van der Waals surface area contributed by atoms with E-state index in [0.29, 0.717) is 29.0 Å². The molecule has 0 bridgehead atoms. The van der Waals surface area contributed by atoms with Gasteiger partial charge in [0.2, 0.25) is 0 Å². The molecule has 1 saturated carbocycles. The zero-order valence-corrected chi connectivity index (χ0v) is 20.5. The van der Waals surface area contributed by atoms with Gasteiger partial charge in [-0.15, -0.1) is 11.3 Å². The summed E-state index contributed by atoms with van der Waals surface area (Å²) in [7, 11) is 0. The molecule has 190 valence electrons. The molecule has 35 heavy (non-hydrogen) atoms. The summed E-state index contributed by atoms with van der Waals surface area (Å²) in [5.74, 6) is -0.704. The number of alkyl halides is 3. The number of nitrogens with zero attached hydrogens (tertiary/aromatic N) is 3. The van der Waals surface area contributed by atoms with Crippen LogP contribution in [0.25, 0.3) is 10.4 Å². The van der Waals surface area contributed by atoms with Gasteiger partial charge < -0.3 is 20.6 Å². The lowest BCUT2D eigenvalue weighted by Gasteiger charge is -2.22. The number of likely N-dealkylation sites (tertiary alicyclic amines) is 1. The van der Waals surface area contributed by atoms with Crippen molar-refractivity contribution in [1.29, 1.82) is 0 Å². The number of hydrogen-bond donors (Lipinski definition) is 3. The van der Waals surface area contributed by atoms with Crippen molar-refractivity contribution in [3.05, 3.63) is 28.5 Å². The Morgan fingerprint density at radius 2 is 2.09 bits per heavy atom. The molecule has 2 amide bonds. The summed E-state index contributed by atoms with van der Waals surface area (Å²) in [4.78, 5) is 36.8. The van der Waals surface area contributed by atoms with Gasteiger partial charge in [0, 0.05) is 24.3 Å². The number of carbonyl (C=O) groups excluding carboxylic acids is 2. The number of aliphatic hydroxyl groups excluding tert-OH is 1. The van der Waals surface area contributed by atoms with Gasteiger partial charge in [-0.05, 0) is 51.2 Å². The van der Waals surface area contributed by atoms with Crippen LogP contribution in [-0.2, 0) is 0 Å². The van der Waals surface area contributed by atoms with Crippen molar-refractivity contribution in [1.82, 2.24) is 20.2 Å². The number of pyridine rings is 1. The maximum absolute atomic E-state index is 13.4. The van der Waals surface area contributed by atoms with E-state index in [2.05, 4.69) is 20.6 Å². The van der Waals surface area contributed by atoms with Gasteiger partial charge in [0.05, 0.1) is 17.0 Å². The first-order valence-electron chi connectivity index (χ1n) is 11.6. The van der Waals surface area contributed by atoms with Crippen LogP contribution in [0.1, 0.15) is 65.4 Å². The quantitative estimate of drug-likeness (QED) is 0.523. The minimum Gasteiger partial charge on any atom is -0.391 e. The number of rotatable bonds is 7. The normalized spacial score (nSPS) is 22.7. The third kappa shape index (κ3) is 5.43. The second-order valence-electron chi connectivity index (χ2n) is 9.10. The van der Waals surface area contributed by atoms with Gasteiger partial charge in [-0.2, -0.15) is 13.2 Å². The van der Waals surface area contributed by atoms with E-state index in [-0.39, 0.29) is 40.9 Å². The standard InChI is InChI=1S/C23H28F3N5O3S/c1-4-16(23(24,25)26)29-17-8-11(2)13(10-27-17)19-18(22(34)31-7-5-6-12(31)3)30-21(35-19)20(33)28-14-9-15(14)32/h8,10,12,14-16,32H,4-7,9H2,1-3H3,(H,27,29)(H,28,33)/t12-,14+,15-,16-/m0/s1. The molecule has 4 atom stereocenters. The fourth-order valence-corrected chi connectivity index (χ4v) is 5.18. The van der Waals surface area contributed by atoms with Crippen LogP contribution in [0.15, 0.2) is 12.3 Å². The van der Waals surface area contributed by atoms with Crippen LogP contribution in [-0.4, -0.2) is 68.7 Å². The third-order valence-electron chi connectivity index (χ3n) is 6.39. The number of hydrogen-bond acceptors (Lipinski definition) is 7. The van der Waals surface area contributed by atoms with Gasteiger partial charge in [-0.25, -0.2) is 9.97 Å². The lowest BCUT2D eigenvalue weighted by molar-refractivity contribution is -0.142. The average Bonchev–Trinajstić information content (AvgIpc) is 3.16. The summed E-state index contributed by atoms with van der Waals surface area (Å²) in [6.45, 7) is 5.69. The van der Waals surface area contributed by atoms with E-state index < -0.39 is 24.2 Å². The second-order valence-corrected chi connectivity index (χ2v) is 10.1. The first kappa shape index (κ1) is 25.4. The predicted octanol–water partition coefficient (Wildman–Crippen LogP) is 3.75. The third-order valence-corrected chi connectivity index (χ3v) is 7.48. The molecule has 2 aromatic rings. The fraction of sp³-hybridized carbons (Fsp3) is 0.565. The van der Waals surface area contributed by atoms with E-state index >= 15 is 0 Å². The molecule has 2 fully saturated rings. The Morgan fingerprint density at radius 3 is 2.63 bits per heavy atom. The van der Waals surface area contributed by atoms with Crippen molar-refractivity contribution in [2.75, 3.05) is 11.9 Å². The Bertz CT molecular complexity index is 1120. The Balaban J connectivity index is 1.67. The summed E-state index contributed by atoms with van der Waals surface area (Å²) in [6.07, 6.45) is -1.53. The van der Waals surface area contributed by atoms with E-state index in [9.17, 15) is 27.9 Å². The number of amides is 2. The van der Waals surface area contributed by atoms with Gasteiger partial charge in [-0.1, -0.05) is 6.92 Å². The highest BCUT2D eigenvalue weighted by Crippen LogP contribution is 2.36. The van der Waals surface area contributed by atoms with Crippen LogP contribution >= 0.6 is 11.3 Å². The molecule has 1 aliphatic carbocycles. The van der Waals surface area contributed by atoms with Crippen LogP contribution in [0.5, 0.6) is 0 Å². The van der Waals surface area contributed by atoms with Gasteiger partial charge in [0.15, 0.2) is 5.01 Å². The molecule has 0 aromatic carbocycles. The number of aliphatic hydroxyl groups is 1. The Kier molecular flexibility index (Phi) is 7.05. The minimum absolute atomic E-state index is 0.0371. The van der Waals surface area contributed by atoms with Crippen molar-refractivity contribution >= 4 is 29.0 Å². The van der Waals surface area contributed by atoms with Crippen molar-refractivity contribution in [3.8, 4) is 10.4 Å². The number of aryl methyl sites for hydroxylation is 1. The maximum atomic E-state index is 13.4. The van der Waals surface area contributed by atoms with Crippen LogP contribution in [0.4, 0.5) is 19.0 Å². The zero-order valence-electron chi connectivity index (χ0n) is 19.6. The second kappa shape index (κ2) is 9.73. The molecule has 8 nitrogen and oxygen atoms in total. The highest BCUT2D eigenvalue weighted by atomic mass is 32.1. The number of thiazole rings is 1. The number of carbonyl (C=O) groups is 2. The molecular weight excluding hydrogens is 483 g/mol. The lowest BCUT2D eigenvalue weighted by Crippen LogP contribution is -2.35. The molecule has 0 spiro atoms. The van der Waals surface area contributed by atoms with Crippen LogP contribution in [0, 0.1) is 6.92 Å². The molecule has 3 N–H and O–H groups in total. The highest BCUT2D eigenvalue weighted by Gasteiger charge is 2.39. The van der Waals surface area contributed by atoms with E-state index in [4.69, 9.17) is 0 Å². The van der Waals surface area contributed by atoms with E-state index in [0.717, 1.165) is 24.2 Å². The first-order valence-corrected chi connectivity index (χ1v) is 12.4. The average molecular weight is 512 g/mol. The monoisotopic (exact) mass is 511 g/mol. The summed E-state index contributed by atoms with van der Waals surface area (Å²) in [5, 5.41) is 14.7. The van der Waals surface area contributed by atoms with Gasteiger partial charge in [0.25, 0.3) is 11.8 Å². The summed E-state index contributed by atoms with van der Waals surface area (Å²) in [5.41, 5.74) is 1.24. The molecule has 2 aliphatic rings. The number of aromatic nitrogens is 2. The van der Waals surface area contributed by atoms with Gasteiger partial charge in [0.1, 0.15) is 17.6 Å². The number of nitrogens with one attached hydrogen (secondary N) is 2. The van der Waals surface area contributed by atoms with E-state index in [1.54, 1.807) is 11.8 Å². The van der Waals surface area contributed by atoms with E-state index in [1.807, 2.05) is 6.92 Å². The number of halogens is 3. The minimum atomic E-state index is -4.41. The van der Waals surface area contributed by atoms with Gasteiger partial charge >= 0.3 is 6.18 Å². The Hall–Kier alpha value is -2.73. The van der Waals surface area contributed by atoms with Crippen molar-refractivity contribution < 1.29 is 27.9 Å². The maximum Gasteiger partial charge on any atom is 0.408 e. The van der Waals surface area contributed by atoms with Crippen molar-refractivity contribution in [2.24, 2.45) is 0 Å². The fourth-order valence-electron chi connectivity index (χ4n) is 4.15. The highest BCUT2D eigenvalue weighted by molar-refractivity contribution is 7.17. The first-order chi connectivity index (χ1) is 16.5. The molecule has 0 radical (unpaired) electrons. The van der Waals surface area contributed by atoms with Crippen LogP contribution in [0.3, 0.4) is 0 Å². The predicted molar refractivity (Wildman–Crippen MR) is 125 cm³/mol. The van der Waals surface area contributed by atoms with Crippen molar-refractivity contribution in [3.63, 3.8) is 0 Å². The molecular formula is C23H28F3N5O3S. The molecule has 1 saturated heterocycles. The molecule has 1 aliphatic heterocycles. The van der Waals surface area contributed by atoms with Crippen LogP contribution < -0.4 is 10.6 Å². The number of anilines is 1.